The summed E-state index contributed by atoms with van der Waals surface area (Å²) >= 11 is 1.69. The van der Waals surface area contributed by atoms with Gasteiger partial charge in [-0.1, -0.05) is 26.0 Å². The van der Waals surface area contributed by atoms with Crippen molar-refractivity contribution in [3.8, 4) is 0 Å². The van der Waals surface area contributed by atoms with Gasteiger partial charge in [-0.2, -0.15) is 0 Å². The van der Waals surface area contributed by atoms with Gasteiger partial charge in [0.2, 0.25) is 5.95 Å². The van der Waals surface area contributed by atoms with Gasteiger partial charge in [0, 0.05) is 17.6 Å². The molecule has 25 heavy (non-hydrogen) atoms. The van der Waals surface area contributed by atoms with Gasteiger partial charge in [0.25, 0.3) is 5.56 Å². The highest BCUT2D eigenvalue weighted by Crippen LogP contribution is 2.34. The zero-order chi connectivity index (χ0) is 17.6. The van der Waals surface area contributed by atoms with Crippen LogP contribution in [-0.4, -0.2) is 9.55 Å². The van der Waals surface area contributed by atoms with Crippen LogP contribution in [0.4, 0.5) is 11.6 Å². The molecule has 1 aliphatic rings. The van der Waals surface area contributed by atoms with Gasteiger partial charge >= 0.3 is 0 Å². The van der Waals surface area contributed by atoms with Crippen molar-refractivity contribution in [3.05, 3.63) is 50.6 Å². The first-order chi connectivity index (χ1) is 12.0. The Hall–Kier alpha value is -2.14. The summed E-state index contributed by atoms with van der Waals surface area (Å²) in [5.74, 6) is 1.11. The van der Waals surface area contributed by atoms with Crippen LogP contribution in [-0.2, 0) is 19.9 Å². The van der Waals surface area contributed by atoms with Crippen molar-refractivity contribution in [2.24, 2.45) is 7.05 Å². The molecule has 1 aromatic carbocycles. The number of anilines is 2. The van der Waals surface area contributed by atoms with E-state index in [0.29, 0.717) is 11.9 Å². The number of aryl methyl sites for hydroxylation is 2. The van der Waals surface area contributed by atoms with Gasteiger partial charge in [0.15, 0.2) is 0 Å². The lowest BCUT2D eigenvalue weighted by Crippen LogP contribution is -2.21. The Morgan fingerprint density at radius 3 is 2.60 bits per heavy atom. The Kier molecular flexibility index (Phi) is 4.12. The predicted octanol–water partition coefficient (Wildman–Crippen LogP) is 4.74. The van der Waals surface area contributed by atoms with Crippen molar-refractivity contribution in [2.75, 3.05) is 5.32 Å². The van der Waals surface area contributed by atoms with Crippen molar-refractivity contribution >= 4 is 33.2 Å². The van der Waals surface area contributed by atoms with Gasteiger partial charge in [-0.05, 0) is 54.9 Å². The molecule has 2 aromatic heterocycles. The first-order valence-corrected chi connectivity index (χ1v) is 9.74. The van der Waals surface area contributed by atoms with Crippen molar-refractivity contribution in [1.82, 2.24) is 9.55 Å². The molecule has 0 amide bonds. The molecule has 0 fully saturated rings. The second kappa shape index (κ2) is 6.30. The number of fused-ring (bicyclic) bond motifs is 3. The molecule has 130 valence electrons. The molecule has 0 saturated carbocycles. The van der Waals surface area contributed by atoms with Crippen LogP contribution in [0.5, 0.6) is 0 Å². The number of nitrogens with one attached hydrogen (secondary N) is 1. The van der Waals surface area contributed by atoms with Crippen LogP contribution in [0, 0.1) is 0 Å². The quantitative estimate of drug-likeness (QED) is 0.740. The van der Waals surface area contributed by atoms with Crippen molar-refractivity contribution in [3.63, 3.8) is 0 Å². The van der Waals surface area contributed by atoms with Gasteiger partial charge in [0.05, 0.1) is 5.39 Å². The van der Waals surface area contributed by atoms with Crippen LogP contribution < -0.4 is 10.9 Å². The van der Waals surface area contributed by atoms with Crippen LogP contribution in [0.25, 0.3) is 10.2 Å². The third-order valence-electron chi connectivity index (χ3n) is 5.03. The zero-order valence-corrected chi connectivity index (χ0v) is 15.7. The predicted molar refractivity (Wildman–Crippen MR) is 105 cm³/mol. The van der Waals surface area contributed by atoms with Crippen LogP contribution >= 0.6 is 11.3 Å². The van der Waals surface area contributed by atoms with E-state index in [1.165, 1.54) is 28.8 Å². The number of benzene rings is 1. The van der Waals surface area contributed by atoms with Crippen LogP contribution in [0.15, 0.2) is 29.1 Å². The van der Waals surface area contributed by atoms with E-state index in [2.05, 4.69) is 31.3 Å². The summed E-state index contributed by atoms with van der Waals surface area (Å²) in [6, 6.07) is 8.33. The van der Waals surface area contributed by atoms with Crippen LogP contribution in [0.1, 0.15) is 48.6 Å². The highest BCUT2D eigenvalue weighted by Gasteiger charge is 2.21. The minimum Gasteiger partial charge on any atom is -0.326 e. The summed E-state index contributed by atoms with van der Waals surface area (Å²) in [5.41, 5.74) is 3.55. The van der Waals surface area contributed by atoms with E-state index in [1.807, 2.05) is 12.1 Å². The molecule has 0 spiro atoms. The highest BCUT2D eigenvalue weighted by molar-refractivity contribution is 7.18. The highest BCUT2D eigenvalue weighted by atomic mass is 32.1. The maximum absolute atomic E-state index is 12.9. The SMILES string of the molecule is CC(C)c1ccc(Nc2nc3sc4c(c3c(=O)n2C)CCCC4)cc1. The Bertz CT molecular complexity index is 983. The van der Waals surface area contributed by atoms with Gasteiger partial charge in [-0.15, -0.1) is 11.3 Å². The third kappa shape index (κ3) is 2.86. The molecule has 0 aliphatic heterocycles. The normalized spacial score (nSPS) is 14.1. The first-order valence-electron chi connectivity index (χ1n) is 8.93. The Labute approximate surface area is 151 Å². The monoisotopic (exact) mass is 353 g/mol. The molecule has 0 saturated heterocycles. The minimum atomic E-state index is 0.0608. The largest absolute Gasteiger partial charge is 0.326 e. The summed E-state index contributed by atoms with van der Waals surface area (Å²) < 4.78 is 1.64. The fourth-order valence-corrected chi connectivity index (χ4v) is 4.73. The third-order valence-corrected chi connectivity index (χ3v) is 6.22. The number of nitrogens with zero attached hydrogens (tertiary/aromatic N) is 2. The van der Waals surface area contributed by atoms with E-state index in [1.54, 1.807) is 23.0 Å². The second-order valence-electron chi connectivity index (χ2n) is 7.09. The lowest BCUT2D eigenvalue weighted by Gasteiger charge is -2.12. The standard InChI is InChI=1S/C20H23N3OS/c1-12(2)13-8-10-14(11-9-13)21-20-22-18-17(19(24)23(20)3)15-6-4-5-7-16(15)25-18/h8-12H,4-7H2,1-3H3,(H,21,22). The van der Waals surface area contributed by atoms with Crippen molar-refractivity contribution in [2.45, 2.75) is 45.4 Å². The van der Waals surface area contributed by atoms with E-state index in [0.717, 1.165) is 28.7 Å². The molecule has 4 nitrogen and oxygen atoms in total. The number of hydrogen-bond donors (Lipinski definition) is 1. The van der Waals surface area contributed by atoms with Crippen molar-refractivity contribution in [1.29, 1.82) is 0 Å². The Morgan fingerprint density at radius 2 is 1.88 bits per heavy atom. The molecule has 0 bridgehead atoms. The molecular weight excluding hydrogens is 330 g/mol. The zero-order valence-electron chi connectivity index (χ0n) is 14.9. The van der Waals surface area contributed by atoms with E-state index in [4.69, 9.17) is 4.98 Å². The average Bonchev–Trinajstić information content (AvgIpc) is 2.98. The van der Waals surface area contributed by atoms with E-state index in [-0.39, 0.29) is 5.56 Å². The van der Waals surface area contributed by atoms with Crippen molar-refractivity contribution < 1.29 is 0 Å². The summed E-state index contributed by atoms with van der Waals surface area (Å²) in [4.78, 5) is 19.9. The maximum Gasteiger partial charge on any atom is 0.263 e. The molecule has 0 radical (unpaired) electrons. The van der Waals surface area contributed by atoms with E-state index in [9.17, 15) is 4.79 Å². The average molecular weight is 353 g/mol. The molecular formula is C20H23N3OS. The number of hydrogen-bond acceptors (Lipinski definition) is 4. The molecule has 1 N–H and O–H groups in total. The molecule has 0 unspecified atom stereocenters. The summed E-state index contributed by atoms with van der Waals surface area (Å²) in [6.45, 7) is 4.36. The molecule has 4 rings (SSSR count). The lowest BCUT2D eigenvalue weighted by atomic mass is 9.97. The lowest BCUT2D eigenvalue weighted by molar-refractivity contribution is 0.699. The van der Waals surface area contributed by atoms with E-state index < -0.39 is 0 Å². The second-order valence-corrected chi connectivity index (χ2v) is 8.18. The summed E-state index contributed by atoms with van der Waals surface area (Å²) in [7, 11) is 1.80. The van der Waals surface area contributed by atoms with Crippen LogP contribution in [0.3, 0.4) is 0 Å². The summed E-state index contributed by atoms with van der Waals surface area (Å²) in [6.07, 6.45) is 4.48. The van der Waals surface area contributed by atoms with E-state index >= 15 is 0 Å². The number of aromatic nitrogens is 2. The summed E-state index contributed by atoms with van der Waals surface area (Å²) in [5, 5.41) is 4.15. The first kappa shape index (κ1) is 16.3. The molecule has 0 atom stereocenters. The van der Waals surface area contributed by atoms with Gasteiger partial charge in [-0.3, -0.25) is 9.36 Å². The molecule has 2 heterocycles. The topological polar surface area (TPSA) is 46.9 Å². The minimum absolute atomic E-state index is 0.0608. The molecule has 3 aromatic rings. The van der Waals surface area contributed by atoms with Gasteiger partial charge in [0.1, 0.15) is 4.83 Å². The Morgan fingerprint density at radius 1 is 1.16 bits per heavy atom. The number of rotatable bonds is 3. The Balaban J connectivity index is 1.75. The van der Waals surface area contributed by atoms with Gasteiger partial charge < -0.3 is 5.32 Å². The fraction of sp³-hybridized carbons (Fsp3) is 0.400. The smallest absolute Gasteiger partial charge is 0.263 e. The number of thiophene rings is 1. The molecule has 1 aliphatic carbocycles. The van der Waals surface area contributed by atoms with Crippen LogP contribution in [0.2, 0.25) is 0 Å². The van der Waals surface area contributed by atoms with Gasteiger partial charge in [-0.25, -0.2) is 4.98 Å². The molecule has 5 heteroatoms. The maximum atomic E-state index is 12.9. The fourth-order valence-electron chi connectivity index (χ4n) is 3.48.